The number of aryl methyl sites for hydroxylation is 1. The van der Waals surface area contributed by atoms with Gasteiger partial charge in [-0.25, -0.2) is 4.99 Å². The van der Waals surface area contributed by atoms with Crippen LogP contribution in [0.4, 0.5) is 5.88 Å². The van der Waals surface area contributed by atoms with E-state index in [0.29, 0.717) is 10.3 Å². The lowest BCUT2D eigenvalue weighted by Crippen LogP contribution is -2.38. The predicted molar refractivity (Wildman–Crippen MR) is 149 cm³/mol. The molecule has 7 heteroatoms. The fraction of sp³-hybridized carbons (Fsp3) is 0.241. The van der Waals surface area contributed by atoms with Crippen LogP contribution in [0.2, 0.25) is 0 Å². The van der Waals surface area contributed by atoms with Crippen molar-refractivity contribution in [3.05, 3.63) is 113 Å². The van der Waals surface area contributed by atoms with Gasteiger partial charge in [0, 0.05) is 35.3 Å². The first-order valence-electron chi connectivity index (χ1n) is 12.3. The average Bonchev–Trinajstić information content (AvgIpc) is 3.48. The molecule has 0 spiro atoms. The summed E-state index contributed by atoms with van der Waals surface area (Å²) in [5.74, 6) is 1.50. The van der Waals surface area contributed by atoms with Crippen molar-refractivity contribution < 1.29 is 4.42 Å². The van der Waals surface area contributed by atoms with Crippen LogP contribution in [0.15, 0.2) is 84.9 Å². The maximum Gasteiger partial charge on any atom is 0.271 e. The molecule has 0 amide bonds. The Labute approximate surface area is 221 Å². The zero-order valence-electron chi connectivity index (χ0n) is 20.2. The molecule has 5 nitrogen and oxygen atoms in total. The fourth-order valence-electron chi connectivity index (χ4n) is 5.22. The Balaban J connectivity index is 1.54. The molecular formula is C29H26BrN3O2S. The first kappa shape index (κ1) is 23.3. The molecule has 2 aromatic heterocycles. The molecule has 0 saturated heterocycles. The van der Waals surface area contributed by atoms with Gasteiger partial charge in [-0.05, 0) is 61.6 Å². The first-order chi connectivity index (χ1) is 17.6. The highest BCUT2D eigenvalue weighted by Gasteiger charge is 2.32. The highest BCUT2D eigenvalue weighted by Crippen LogP contribution is 2.41. The number of aromatic nitrogens is 1. The Morgan fingerprint density at radius 3 is 2.64 bits per heavy atom. The summed E-state index contributed by atoms with van der Waals surface area (Å²) in [5, 5.41) is 0. The maximum atomic E-state index is 13.8. The minimum absolute atomic E-state index is 0.0298. The fourth-order valence-corrected chi connectivity index (χ4v) is 6.47. The molecule has 3 heterocycles. The van der Waals surface area contributed by atoms with Gasteiger partial charge in [-0.3, -0.25) is 9.36 Å². The number of allylic oxidation sites excluding steroid dienone is 1. The number of hydrogen-bond donors (Lipinski definition) is 0. The molecule has 1 atom stereocenters. The van der Waals surface area contributed by atoms with Gasteiger partial charge in [-0.15, -0.1) is 0 Å². The van der Waals surface area contributed by atoms with Crippen molar-refractivity contribution in [2.75, 3.05) is 18.0 Å². The summed E-state index contributed by atoms with van der Waals surface area (Å²) < 4.78 is 9.59. The molecule has 0 N–H and O–H groups in total. The molecule has 6 rings (SSSR count). The summed E-state index contributed by atoms with van der Waals surface area (Å²) in [5.41, 5.74) is 5.77. The van der Waals surface area contributed by atoms with Crippen LogP contribution in [0.3, 0.4) is 0 Å². The number of anilines is 1. The number of rotatable bonds is 5. The van der Waals surface area contributed by atoms with Gasteiger partial charge < -0.3 is 9.32 Å². The first-order valence-corrected chi connectivity index (χ1v) is 13.9. The third-order valence-electron chi connectivity index (χ3n) is 7.02. The zero-order chi connectivity index (χ0) is 24.8. The number of halogens is 1. The van der Waals surface area contributed by atoms with Crippen LogP contribution in [0.25, 0.3) is 11.8 Å². The van der Waals surface area contributed by atoms with Crippen LogP contribution < -0.4 is 19.8 Å². The van der Waals surface area contributed by atoms with E-state index in [9.17, 15) is 4.79 Å². The SMILES string of the molecule is CCN(CC)c1ccc(/C=c2\sc3n(c2=O)[C@H](c2ccc(Br)cc2)C2=C(N=3)c3ccccc3CC2)o1. The number of thiazole rings is 1. The van der Waals surface area contributed by atoms with Crippen LogP contribution in [0, 0.1) is 0 Å². The zero-order valence-corrected chi connectivity index (χ0v) is 22.6. The topological polar surface area (TPSA) is 50.7 Å². The van der Waals surface area contributed by atoms with Gasteiger partial charge in [0.05, 0.1) is 16.3 Å². The highest BCUT2D eigenvalue weighted by atomic mass is 79.9. The lowest BCUT2D eigenvalue weighted by atomic mass is 9.83. The third-order valence-corrected chi connectivity index (χ3v) is 8.53. The Hall–Kier alpha value is -3.16. The van der Waals surface area contributed by atoms with E-state index in [2.05, 4.69) is 71.1 Å². The Morgan fingerprint density at radius 2 is 1.86 bits per heavy atom. The molecule has 0 fully saturated rings. The van der Waals surface area contributed by atoms with Crippen molar-refractivity contribution in [3.63, 3.8) is 0 Å². The van der Waals surface area contributed by atoms with Crippen molar-refractivity contribution in [2.45, 2.75) is 32.7 Å². The van der Waals surface area contributed by atoms with Crippen LogP contribution in [-0.2, 0) is 6.42 Å². The molecule has 1 aliphatic carbocycles. The van der Waals surface area contributed by atoms with E-state index in [4.69, 9.17) is 9.41 Å². The van der Waals surface area contributed by atoms with E-state index < -0.39 is 0 Å². The summed E-state index contributed by atoms with van der Waals surface area (Å²) in [6.07, 6.45) is 3.68. The van der Waals surface area contributed by atoms with Gasteiger partial charge in [0.25, 0.3) is 5.56 Å². The van der Waals surface area contributed by atoms with Crippen molar-refractivity contribution in [1.82, 2.24) is 4.57 Å². The summed E-state index contributed by atoms with van der Waals surface area (Å²) in [4.78, 5) is 21.8. The molecule has 0 radical (unpaired) electrons. The molecule has 0 bridgehead atoms. The van der Waals surface area contributed by atoms with E-state index in [1.165, 1.54) is 28.0 Å². The molecule has 2 aliphatic rings. The van der Waals surface area contributed by atoms with E-state index in [1.807, 2.05) is 34.9 Å². The van der Waals surface area contributed by atoms with Crippen LogP contribution in [0.1, 0.15) is 48.8 Å². The molecule has 1 aliphatic heterocycles. The number of hydrogen-bond acceptors (Lipinski definition) is 5. The molecule has 182 valence electrons. The lowest BCUT2D eigenvalue weighted by Gasteiger charge is -2.30. The maximum absolute atomic E-state index is 13.8. The normalized spacial score (nSPS) is 16.9. The lowest BCUT2D eigenvalue weighted by molar-refractivity contribution is 0.541. The largest absolute Gasteiger partial charge is 0.441 e. The smallest absolute Gasteiger partial charge is 0.271 e. The van der Waals surface area contributed by atoms with Crippen LogP contribution >= 0.6 is 27.3 Å². The minimum Gasteiger partial charge on any atom is -0.441 e. The van der Waals surface area contributed by atoms with Gasteiger partial charge in [0.1, 0.15) is 5.76 Å². The highest BCUT2D eigenvalue weighted by molar-refractivity contribution is 9.10. The van der Waals surface area contributed by atoms with Gasteiger partial charge in [-0.2, -0.15) is 0 Å². The van der Waals surface area contributed by atoms with E-state index >= 15 is 0 Å². The quantitative estimate of drug-likeness (QED) is 0.323. The van der Waals surface area contributed by atoms with Crippen molar-refractivity contribution in [2.24, 2.45) is 4.99 Å². The van der Waals surface area contributed by atoms with E-state index in [-0.39, 0.29) is 11.6 Å². The van der Waals surface area contributed by atoms with Gasteiger partial charge >= 0.3 is 0 Å². The molecule has 0 unspecified atom stereocenters. The second-order valence-corrected chi connectivity index (χ2v) is 10.9. The Bertz CT molecular complexity index is 1660. The van der Waals surface area contributed by atoms with Crippen LogP contribution in [0.5, 0.6) is 0 Å². The summed E-state index contributed by atoms with van der Waals surface area (Å²) in [6, 6.07) is 20.5. The van der Waals surface area contributed by atoms with Crippen molar-refractivity contribution >= 4 is 44.9 Å². The molecule has 2 aromatic carbocycles. The minimum atomic E-state index is -0.178. The number of fused-ring (bicyclic) bond motifs is 3. The van der Waals surface area contributed by atoms with E-state index in [0.717, 1.165) is 52.3 Å². The monoisotopic (exact) mass is 559 g/mol. The number of benzene rings is 2. The molecule has 36 heavy (non-hydrogen) atoms. The predicted octanol–water partition coefficient (Wildman–Crippen LogP) is 5.52. The number of furan rings is 1. The Morgan fingerprint density at radius 1 is 1.08 bits per heavy atom. The molecular weight excluding hydrogens is 534 g/mol. The standard InChI is InChI=1S/C29H26BrN3O2S/c1-3-32(4-2)25-16-14-21(35-25)17-24-28(34)33-27(19-9-12-20(30)13-10-19)23-15-11-18-7-5-6-8-22(18)26(23)31-29(33)36-24/h5-10,12-14,16-17,27H,3-4,11,15H2,1-2H3/b24-17-/t27-/m1/s1. The third kappa shape index (κ3) is 3.91. The van der Waals surface area contributed by atoms with E-state index in [1.54, 1.807) is 0 Å². The molecule has 4 aromatic rings. The second-order valence-electron chi connectivity index (χ2n) is 9.01. The van der Waals surface area contributed by atoms with Crippen LogP contribution in [-0.4, -0.2) is 17.7 Å². The van der Waals surface area contributed by atoms with Crippen molar-refractivity contribution in [1.29, 1.82) is 0 Å². The summed E-state index contributed by atoms with van der Waals surface area (Å²) in [6.45, 7) is 5.94. The second kappa shape index (κ2) is 9.37. The number of nitrogens with zero attached hydrogens (tertiary/aromatic N) is 3. The summed E-state index contributed by atoms with van der Waals surface area (Å²) >= 11 is 4.98. The van der Waals surface area contributed by atoms with Gasteiger partial charge in [-0.1, -0.05) is 63.7 Å². The summed E-state index contributed by atoms with van der Waals surface area (Å²) in [7, 11) is 0. The van der Waals surface area contributed by atoms with Crippen molar-refractivity contribution in [3.8, 4) is 0 Å². The van der Waals surface area contributed by atoms with Gasteiger partial charge in [0.15, 0.2) is 10.7 Å². The average molecular weight is 561 g/mol. The van der Waals surface area contributed by atoms with Gasteiger partial charge in [0.2, 0.25) is 0 Å². The molecule has 0 saturated carbocycles. The Kier molecular flexibility index (Phi) is 6.05.